The second kappa shape index (κ2) is 8.88. The molecular weight excluding hydrogens is 429 g/mol. The van der Waals surface area contributed by atoms with Crippen molar-refractivity contribution < 1.29 is 14.0 Å². The molecule has 1 N–H and O–H groups in total. The standard InChI is InChI=1S/C23H20FN5O2S/c1-13-20(15(3)30)14(2)26-21(13)19(31)12-32-23-28-27-22(16-8-10-25-11-9-16)29(23)18-6-4-17(24)5-7-18/h4-11,26H,12H2,1-3H3. The Morgan fingerprint density at radius 3 is 2.38 bits per heavy atom. The molecule has 0 aliphatic heterocycles. The molecule has 0 unspecified atom stereocenters. The van der Waals surface area contributed by atoms with Crippen LogP contribution in [0.1, 0.15) is 39.0 Å². The number of carbonyl (C=O) groups is 2. The molecule has 0 saturated heterocycles. The Labute approximate surface area is 188 Å². The van der Waals surface area contributed by atoms with E-state index in [-0.39, 0.29) is 23.1 Å². The van der Waals surface area contributed by atoms with Crippen molar-refractivity contribution in [2.75, 3.05) is 5.75 Å². The Bertz CT molecular complexity index is 1300. The van der Waals surface area contributed by atoms with Crippen LogP contribution in [0, 0.1) is 19.7 Å². The third kappa shape index (κ3) is 4.11. The van der Waals surface area contributed by atoms with Crippen LogP contribution in [0.25, 0.3) is 17.1 Å². The first kappa shape index (κ1) is 21.6. The Morgan fingerprint density at radius 1 is 1.06 bits per heavy atom. The van der Waals surface area contributed by atoms with E-state index < -0.39 is 0 Å². The van der Waals surface area contributed by atoms with Crippen LogP contribution in [-0.2, 0) is 0 Å². The summed E-state index contributed by atoms with van der Waals surface area (Å²) in [4.78, 5) is 31.9. The molecule has 7 nitrogen and oxygen atoms in total. The maximum Gasteiger partial charge on any atom is 0.196 e. The molecule has 9 heteroatoms. The molecule has 0 aliphatic rings. The number of halogens is 1. The Kier molecular flexibility index (Phi) is 6.00. The highest BCUT2D eigenvalue weighted by Crippen LogP contribution is 2.29. The van der Waals surface area contributed by atoms with Crippen LogP contribution in [0.2, 0.25) is 0 Å². The number of benzene rings is 1. The molecule has 162 valence electrons. The van der Waals surface area contributed by atoms with E-state index in [0.717, 1.165) is 5.56 Å². The minimum atomic E-state index is -0.351. The molecular formula is C23H20FN5O2S. The number of hydrogen-bond donors (Lipinski definition) is 1. The molecule has 0 bridgehead atoms. The van der Waals surface area contributed by atoms with Crippen molar-refractivity contribution in [1.82, 2.24) is 24.7 Å². The molecule has 0 fully saturated rings. The summed E-state index contributed by atoms with van der Waals surface area (Å²) < 4.78 is 15.3. The lowest BCUT2D eigenvalue weighted by Gasteiger charge is -2.10. The number of aromatic amines is 1. The van der Waals surface area contributed by atoms with E-state index in [4.69, 9.17) is 0 Å². The van der Waals surface area contributed by atoms with Gasteiger partial charge in [0.05, 0.1) is 11.4 Å². The molecule has 3 heterocycles. The Balaban J connectivity index is 1.67. The smallest absolute Gasteiger partial charge is 0.196 e. The summed E-state index contributed by atoms with van der Waals surface area (Å²) in [6, 6.07) is 9.59. The van der Waals surface area contributed by atoms with Gasteiger partial charge in [0.1, 0.15) is 5.82 Å². The van der Waals surface area contributed by atoms with Crippen molar-refractivity contribution in [3.63, 3.8) is 0 Å². The number of ketones is 2. The number of aromatic nitrogens is 5. The first-order valence-electron chi connectivity index (χ1n) is 9.84. The van der Waals surface area contributed by atoms with Gasteiger partial charge in [-0.05, 0) is 62.7 Å². The third-order valence-electron chi connectivity index (χ3n) is 5.06. The summed E-state index contributed by atoms with van der Waals surface area (Å²) in [5, 5.41) is 9.07. The van der Waals surface area contributed by atoms with Gasteiger partial charge in [-0.1, -0.05) is 11.8 Å². The van der Waals surface area contributed by atoms with Crippen molar-refractivity contribution in [2.45, 2.75) is 25.9 Å². The minimum absolute atomic E-state index is 0.0824. The first-order chi connectivity index (χ1) is 15.4. The Morgan fingerprint density at radius 2 is 1.75 bits per heavy atom. The van der Waals surface area contributed by atoms with Crippen LogP contribution in [0.4, 0.5) is 4.39 Å². The molecule has 4 aromatic rings. The van der Waals surface area contributed by atoms with Crippen molar-refractivity contribution >= 4 is 23.3 Å². The topological polar surface area (TPSA) is 93.5 Å². The lowest BCUT2D eigenvalue weighted by molar-refractivity contribution is 0.101. The minimum Gasteiger partial charge on any atom is -0.355 e. The second-order valence-electron chi connectivity index (χ2n) is 7.25. The van der Waals surface area contributed by atoms with Crippen molar-refractivity contribution in [1.29, 1.82) is 0 Å². The maximum absolute atomic E-state index is 13.5. The van der Waals surface area contributed by atoms with Crippen LogP contribution in [0.5, 0.6) is 0 Å². The van der Waals surface area contributed by atoms with Gasteiger partial charge in [0, 0.05) is 34.9 Å². The van der Waals surface area contributed by atoms with E-state index in [1.807, 2.05) is 0 Å². The van der Waals surface area contributed by atoms with Crippen LogP contribution in [-0.4, -0.2) is 42.1 Å². The molecule has 3 aromatic heterocycles. The molecule has 0 amide bonds. The van der Waals surface area contributed by atoms with E-state index in [0.29, 0.717) is 39.2 Å². The van der Waals surface area contributed by atoms with Gasteiger partial charge in [-0.25, -0.2) is 4.39 Å². The highest BCUT2D eigenvalue weighted by atomic mass is 32.2. The van der Waals surface area contributed by atoms with Crippen molar-refractivity contribution in [2.24, 2.45) is 0 Å². The molecule has 0 aliphatic carbocycles. The third-order valence-corrected chi connectivity index (χ3v) is 5.99. The molecule has 4 rings (SSSR count). The predicted octanol–water partition coefficient (Wildman–Crippen LogP) is 4.59. The zero-order chi connectivity index (χ0) is 22.8. The summed E-state index contributed by atoms with van der Waals surface area (Å²) in [6.45, 7) is 5.03. The predicted molar refractivity (Wildman–Crippen MR) is 120 cm³/mol. The molecule has 0 atom stereocenters. The monoisotopic (exact) mass is 449 g/mol. The van der Waals surface area contributed by atoms with Gasteiger partial charge in [0.25, 0.3) is 0 Å². The summed E-state index contributed by atoms with van der Waals surface area (Å²) in [5.74, 6) is 0.0619. The van der Waals surface area contributed by atoms with Crippen molar-refractivity contribution in [3.8, 4) is 17.1 Å². The number of nitrogens with zero attached hydrogens (tertiary/aromatic N) is 4. The summed E-state index contributed by atoms with van der Waals surface area (Å²) in [7, 11) is 0. The summed E-state index contributed by atoms with van der Waals surface area (Å²) >= 11 is 1.22. The first-order valence-corrected chi connectivity index (χ1v) is 10.8. The fourth-order valence-corrected chi connectivity index (χ4v) is 4.46. The fourth-order valence-electron chi connectivity index (χ4n) is 3.63. The van der Waals surface area contributed by atoms with Gasteiger partial charge in [0.2, 0.25) is 0 Å². The number of aryl methyl sites for hydroxylation is 1. The number of hydrogen-bond acceptors (Lipinski definition) is 6. The second-order valence-corrected chi connectivity index (χ2v) is 8.19. The van der Waals surface area contributed by atoms with Crippen LogP contribution >= 0.6 is 11.8 Å². The number of nitrogens with one attached hydrogen (secondary N) is 1. The van der Waals surface area contributed by atoms with Crippen molar-refractivity contribution in [3.05, 3.63) is 77.1 Å². The SMILES string of the molecule is CC(=O)c1c(C)[nH]c(C(=O)CSc2nnc(-c3ccncc3)n2-c2ccc(F)cc2)c1C. The lowest BCUT2D eigenvalue weighted by Crippen LogP contribution is -2.07. The highest BCUT2D eigenvalue weighted by molar-refractivity contribution is 7.99. The molecule has 0 spiro atoms. The van der Waals surface area contributed by atoms with Gasteiger partial charge in [-0.3, -0.25) is 19.1 Å². The van der Waals surface area contributed by atoms with E-state index in [9.17, 15) is 14.0 Å². The zero-order valence-electron chi connectivity index (χ0n) is 17.7. The van der Waals surface area contributed by atoms with Gasteiger partial charge in [-0.15, -0.1) is 10.2 Å². The highest BCUT2D eigenvalue weighted by Gasteiger charge is 2.22. The Hall–Kier alpha value is -3.59. The zero-order valence-corrected chi connectivity index (χ0v) is 18.5. The number of carbonyl (C=O) groups excluding carboxylic acids is 2. The van der Waals surface area contributed by atoms with Crippen LogP contribution in [0.3, 0.4) is 0 Å². The number of thioether (sulfide) groups is 1. The van der Waals surface area contributed by atoms with Gasteiger partial charge >= 0.3 is 0 Å². The molecule has 0 radical (unpaired) electrons. The van der Waals surface area contributed by atoms with E-state index >= 15 is 0 Å². The number of H-pyrrole nitrogens is 1. The number of pyridine rings is 1. The lowest BCUT2D eigenvalue weighted by atomic mass is 10.1. The normalized spacial score (nSPS) is 11.0. The molecule has 1 aromatic carbocycles. The maximum atomic E-state index is 13.5. The van der Waals surface area contributed by atoms with Gasteiger partial charge in [-0.2, -0.15) is 0 Å². The molecule has 32 heavy (non-hydrogen) atoms. The molecule has 0 saturated carbocycles. The summed E-state index contributed by atoms with van der Waals surface area (Å²) in [6.07, 6.45) is 3.30. The fraction of sp³-hybridized carbons (Fsp3) is 0.174. The van der Waals surface area contributed by atoms with Gasteiger partial charge in [0.15, 0.2) is 22.5 Å². The van der Waals surface area contributed by atoms with E-state index in [1.54, 1.807) is 55.1 Å². The quantitative estimate of drug-likeness (QED) is 0.328. The average molecular weight is 450 g/mol. The largest absolute Gasteiger partial charge is 0.355 e. The average Bonchev–Trinajstić information content (AvgIpc) is 3.33. The van der Waals surface area contributed by atoms with Crippen LogP contribution in [0.15, 0.2) is 53.9 Å². The van der Waals surface area contributed by atoms with E-state index in [2.05, 4.69) is 20.2 Å². The number of rotatable bonds is 7. The van der Waals surface area contributed by atoms with E-state index in [1.165, 1.54) is 30.8 Å². The van der Waals surface area contributed by atoms with Gasteiger partial charge < -0.3 is 4.98 Å². The number of Topliss-reactive ketones (excluding diaryl/α,β-unsaturated/α-hetero) is 2. The summed E-state index contributed by atoms with van der Waals surface area (Å²) in [5.41, 5.74) is 3.76. The van der Waals surface area contributed by atoms with Crippen LogP contribution < -0.4 is 0 Å².